The standard InChI is InChI=1S/C10H18O/c1-8(2)10(3,7-11)9-5-4-6-9/h9,11H,1,4-7H2,2-3H3. The molecule has 1 N–H and O–H groups in total. The van der Waals surface area contributed by atoms with Crippen molar-refractivity contribution in [3.63, 3.8) is 0 Å². The van der Waals surface area contributed by atoms with Crippen molar-refractivity contribution in [3.8, 4) is 0 Å². The van der Waals surface area contributed by atoms with Crippen LogP contribution < -0.4 is 0 Å². The van der Waals surface area contributed by atoms with Crippen molar-refractivity contribution in [3.05, 3.63) is 12.2 Å². The first kappa shape index (κ1) is 8.79. The largest absolute Gasteiger partial charge is 0.395 e. The number of rotatable bonds is 3. The van der Waals surface area contributed by atoms with E-state index in [1.54, 1.807) is 0 Å². The van der Waals surface area contributed by atoms with Gasteiger partial charge >= 0.3 is 0 Å². The van der Waals surface area contributed by atoms with Gasteiger partial charge < -0.3 is 5.11 Å². The molecule has 0 aromatic carbocycles. The lowest BCUT2D eigenvalue weighted by atomic mass is 9.64. The van der Waals surface area contributed by atoms with Gasteiger partial charge in [-0.1, -0.05) is 25.5 Å². The summed E-state index contributed by atoms with van der Waals surface area (Å²) < 4.78 is 0. The molecule has 1 aliphatic rings. The number of hydrogen-bond acceptors (Lipinski definition) is 1. The van der Waals surface area contributed by atoms with E-state index in [1.165, 1.54) is 19.3 Å². The predicted octanol–water partition coefficient (Wildman–Crippen LogP) is 2.36. The Morgan fingerprint density at radius 3 is 2.27 bits per heavy atom. The van der Waals surface area contributed by atoms with Crippen molar-refractivity contribution in [2.75, 3.05) is 6.61 Å². The summed E-state index contributed by atoms with van der Waals surface area (Å²) in [6, 6.07) is 0. The summed E-state index contributed by atoms with van der Waals surface area (Å²) in [6.07, 6.45) is 3.86. The van der Waals surface area contributed by atoms with Gasteiger partial charge in [-0.05, 0) is 25.7 Å². The molecule has 1 aliphatic carbocycles. The second kappa shape index (κ2) is 2.98. The fourth-order valence-electron chi connectivity index (χ4n) is 1.66. The lowest BCUT2D eigenvalue weighted by Crippen LogP contribution is -2.36. The Balaban J connectivity index is 2.65. The summed E-state index contributed by atoms with van der Waals surface area (Å²) in [6.45, 7) is 8.34. The zero-order valence-electron chi connectivity index (χ0n) is 7.56. The highest BCUT2D eigenvalue weighted by Crippen LogP contribution is 2.45. The molecule has 0 heterocycles. The van der Waals surface area contributed by atoms with E-state index in [0.717, 1.165) is 5.57 Å². The number of hydrogen-bond donors (Lipinski definition) is 1. The molecular weight excluding hydrogens is 136 g/mol. The van der Waals surface area contributed by atoms with Crippen LogP contribution in [0.15, 0.2) is 12.2 Å². The predicted molar refractivity (Wildman–Crippen MR) is 47.3 cm³/mol. The van der Waals surface area contributed by atoms with Crippen LogP contribution in [0.4, 0.5) is 0 Å². The van der Waals surface area contributed by atoms with E-state index in [4.69, 9.17) is 0 Å². The molecule has 1 heteroatoms. The molecule has 0 spiro atoms. The maximum absolute atomic E-state index is 9.23. The van der Waals surface area contributed by atoms with Crippen molar-refractivity contribution in [1.29, 1.82) is 0 Å². The molecule has 0 saturated heterocycles. The third kappa shape index (κ3) is 1.34. The lowest BCUT2D eigenvalue weighted by Gasteiger charge is -2.42. The summed E-state index contributed by atoms with van der Waals surface area (Å²) >= 11 is 0. The third-order valence-electron chi connectivity index (χ3n) is 3.31. The zero-order valence-corrected chi connectivity index (χ0v) is 7.56. The molecule has 1 saturated carbocycles. The van der Waals surface area contributed by atoms with Gasteiger partial charge in [-0.15, -0.1) is 0 Å². The Bertz CT molecular complexity index is 158. The SMILES string of the molecule is C=C(C)C(C)(CO)C1CCC1. The first-order valence-corrected chi connectivity index (χ1v) is 4.38. The minimum Gasteiger partial charge on any atom is -0.395 e. The molecular formula is C10H18O. The average molecular weight is 154 g/mol. The topological polar surface area (TPSA) is 20.2 Å². The quantitative estimate of drug-likeness (QED) is 0.619. The van der Waals surface area contributed by atoms with Crippen molar-refractivity contribution < 1.29 is 5.11 Å². The normalized spacial score (nSPS) is 23.9. The van der Waals surface area contributed by atoms with Crippen molar-refractivity contribution in [2.24, 2.45) is 11.3 Å². The van der Waals surface area contributed by atoms with Gasteiger partial charge in [-0.25, -0.2) is 0 Å². The summed E-state index contributed by atoms with van der Waals surface area (Å²) in [5, 5.41) is 9.23. The molecule has 0 aromatic heterocycles. The lowest BCUT2D eigenvalue weighted by molar-refractivity contribution is 0.0658. The van der Waals surface area contributed by atoms with Crippen LogP contribution in [0.3, 0.4) is 0 Å². The molecule has 0 bridgehead atoms. The van der Waals surface area contributed by atoms with Crippen LogP contribution in [-0.4, -0.2) is 11.7 Å². The van der Waals surface area contributed by atoms with Crippen LogP contribution in [0.5, 0.6) is 0 Å². The Morgan fingerprint density at radius 1 is 1.64 bits per heavy atom. The highest BCUT2D eigenvalue weighted by Gasteiger charge is 2.37. The first-order chi connectivity index (χ1) is 5.11. The Hall–Kier alpha value is -0.300. The van der Waals surface area contributed by atoms with Crippen LogP contribution in [0.2, 0.25) is 0 Å². The number of aliphatic hydroxyl groups is 1. The third-order valence-corrected chi connectivity index (χ3v) is 3.31. The van der Waals surface area contributed by atoms with E-state index >= 15 is 0 Å². The van der Waals surface area contributed by atoms with E-state index < -0.39 is 0 Å². The fraction of sp³-hybridized carbons (Fsp3) is 0.800. The minimum atomic E-state index is -0.00174. The molecule has 1 unspecified atom stereocenters. The van der Waals surface area contributed by atoms with Crippen molar-refractivity contribution in [2.45, 2.75) is 33.1 Å². The van der Waals surface area contributed by atoms with Crippen LogP contribution in [0.25, 0.3) is 0 Å². The molecule has 0 aliphatic heterocycles. The monoisotopic (exact) mass is 154 g/mol. The summed E-state index contributed by atoms with van der Waals surface area (Å²) in [5.41, 5.74) is 1.13. The molecule has 0 radical (unpaired) electrons. The highest BCUT2D eigenvalue weighted by atomic mass is 16.3. The molecule has 11 heavy (non-hydrogen) atoms. The van der Waals surface area contributed by atoms with Gasteiger partial charge in [-0.2, -0.15) is 0 Å². The smallest absolute Gasteiger partial charge is 0.0524 e. The maximum Gasteiger partial charge on any atom is 0.0524 e. The van der Waals surface area contributed by atoms with E-state index in [2.05, 4.69) is 13.5 Å². The number of aliphatic hydroxyl groups excluding tert-OH is 1. The van der Waals surface area contributed by atoms with E-state index in [1.807, 2.05) is 6.92 Å². The van der Waals surface area contributed by atoms with Crippen LogP contribution in [0.1, 0.15) is 33.1 Å². The molecule has 64 valence electrons. The van der Waals surface area contributed by atoms with Crippen LogP contribution in [0, 0.1) is 11.3 Å². The van der Waals surface area contributed by atoms with Crippen LogP contribution in [-0.2, 0) is 0 Å². The maximum atomic E-state index is 9.23. The second-order valence-corrected chi connectivity index (χ2v) is 3.98. The van der Waals surface area contributed by atoms with Gasteiger partial charge in [0.25, 0.3) is 0 Å². The Kier molecular flexibility index (Phi) is 2.38. The van der Waals surface area contributed by atoms with E-state index in [-0.39, 0.29) is 12.0 Å². The Morgan fingerprint density at radius 2 is 2.18 bits per heavy atom. The van der Waals surface area contributed by atoms with Gasteiger partial charge in [0.05, 0.1) is 6.61 Å². The molecule has 1 atom stereocenters. The second-order valence-electron chi connectivity index (χ2n) is 3.98. The molecule has 1 rings (SSSR count). The molecule has 0 amide bonds. The van der Waals surface area contributed by atoms with Gasteiger partial charge in [0.2, 0.25) is 0 Å². The van der Waals surface area contributed by atoms with Gasteiger partial charge in [0.1, 0.15) is 0 Å². The van der Waals surface area contributed by atoms with Gasteiger partial charge in [0.15, 0.2) is 0 Å². The fourth-order valence-corrected chi connectivity index (χ4v) is 1.66. The van der Waals surface area contributed by atoms with Crippen molar-refractivity contribution in [1.82, 2.24) is 0 Å². The summed E-state index contributed by atoms with van der Waals surface area (Å²) in [5.74, 6) is 0.685. The first-order valence-electron chi connectivity index (χ1n) is 4.38. The summed E-state index contributed by atoms with van der Waals surface area (Å²) in [7, 11) is 0. The van der Waals surface area contributed by atoms with Crippen LogP contribution >= 0.6 is 0 Å². The van der Waals surface area contributed by atoms with E-state index in [0.29, 0.717) is 5.92 Å². The van der Waals surface area contributed by atoms with E-state index in [9.17, 15) is 5.11 Å². The Labute approximate surface area is 69.1 Å². The molecule has 1 fully saturated rings. The highest BCUT2D eigenvalue weighted by molar-refractivity contribution is 5.09. The van der Waals surface area contributed by atoms with Crippen molar-refractivity contribution >= 4 is 0 Å². The van der Waals surface area contributed by atoms with Gasteiger partial charge in [0, 0.05) is 5.41 Å². The van der Waals surface area contributed by atoms with Gasteiger partial charge in [-0.3, -0.25) is 0 Å². The average Bonchev–Trinajstić information content (AvgIpc) is 1.83. The minimum absolute atomic E-state index is 0.00174. The zero-order chi connectivity index (χ0) is 8.48. The molecule has 0 aromatic rings. The molecule has 1 nitrogen and oxygen atoms in total. The summed E-state index contributed by atoms with van der Waals surface area (Å²) in [4.78, 5) is 0.